The van der Waals surface area contributed by atoms with Crippen molar-refractivity contribution >= 4 is 0 Å². The van der Waals surface area contributed by atoms with Gasteiger partial charge in [-0.05, 0) is 37.4 Å². The molecule has 21 heavy (non-hydrogen) atoms. The van der Waals surface area contributed by atoms with Gasteiger partial charge in [0.2, 0.25) is 0 Å². The average molecular weight is 294 g/mol. The molecule has 4 nitrogen and oxygen atoms in total. The van der Waals surface area contributed by atoms with Crippen LogP contribution in [0.2, 0.25) is 0 Å². The zero-order valence-electron chi connectivity index (χ0n) is 13.4. The number of hydrogen-bond donors (Lipinski definition) is 3. The van der Waals surface area contributed by atoms with Crippen molar-refractivity contribution in [3.05, 3.63) is 35.4 Å². The van der Waals surface area contributed by atoms with Crippen molar-refractivity contribution < 1.29 is 10.2 Å². The van der Waals surface area contributed by atoms with Crippen molar-refractivity contribution in [3.63, 3.8) is 0 Å². The van der Waals surface area contributed by atoms with Gasteiger partial charge in [-0.2, -0.15) is 0 Å². The van der Waals surface area contributed by atoms with E-state index in [1.165, 1.54) is 11.1 Å². The van der Waals surface area contributed by atoms with E-state index in [2.05, 4.69) is 48.3 Å². The van der Waals surface area contributed by atoms with Crippen LogP contribution in [0.15, 0.2) is 24.3 Å². The molecule has 0 aromatic heterocycles. The summed E-state index contributed by atoms with van der Waals surface area (Å²) in [5.41, 5.74) is 2.65. The Hall–Kier alpha value is -0.940. The van der Waals surface area contributed by atoms with E-state index in [9.17, 15) is 0 Å². The van der Waals surface area contributed by atoms with Gasteiger partial charge in [0, 0.05) is 25.7 Å². The molecule has 0 spiro atoms. The maximum atomic E-state index is 9.09. The second-order valence-electron chi connectivity index (χ2n) is 5.44. The topological polar surface area (TPSA) is 55.7 Å². The lowest BCUT2D eigenvalue weighted by Gasteiger charge is -2.26. The summed E-state index contributed by atoms with van der Waals surface area (Å²) < 4.78 is 0. The molecule has 0 aliphatic carbocycles. The van der Waals surface area contributed by atoms with Gasteiger partial charge < -0.3 is 15.5 Å². The Morgan fingerprint density at radius 3 is 2.33 bits per heavy atom. The summed E-state index contributed by atoms with van der Waals surface area (Å²) >= 11 is 0. The van der Waals surface area contributed by atoms with Gasteiger partial charge in [-0.25, -0.2) is 0 Å². The highest BCUT2D eigenvalue weighted by atomic mass is 16.3. The molecule has 1 rings (SSSR count). The monoisotopic (exact) mass is 294 g/mol. The van der Waals surface area contributed by atoms with Gasteiger partial charge in [-0.3, -0.25) is 4.90 Å². The Morgan fingerprint density at radius 2 is 1.76 bits per heavy atom. The third-order valence-electron chi connectivity index (χ3n) is 3.77. The fraction of sp³-hybridized carbons (Fsp3) is 0.647. The lowest BCUT2D eigenvalue weighted by Crippen LogP contribution is -2.34. The quantitative estimate of drug-likeness (QED) is 0.581. The smallest absolute Gasteiger partial charge is 0.0558 e. The van der Waals surface area contributed by atoms with Crippen molar-refractivity contribution in [3.8, 4) is 0 Å². The summed E-state index contributed by atoms with van der Waals surface area (Å²) in [6.07, 6.45) is 2.09. The van der Waals surface area contributed by atoms with Crippen LogP contribution < -0.4 is 5.32 Å². The minimum absolute atomic E-state index is 0.136. The van der Waals surface area contributed by atoms with Crippen molar-refractivity contribution in [2.75, 3.05) is 39.4 Å². The number of rotatable bonds is 11. The average Bonchev–Trinajstić information content (AvgIpc) is 2.49. The van der Waals surface area contributed by atoms with Crippen LogP contribution in [0.3, 0.4) is 0 Å². The minimum atomic E-state index is 0.136. The van der Waals surface area contributed by atoms with E-state index in [1.54, 1.807) is 0 Å². The number of aliphatic hydroxyl groups is 2. The molecular weight excluding hydrogens is 264 g/mol. The SMILES string of the molecule is CCCNC(CCN(CCO)CCO)c1ccccc1C. The number of benzene rings is 1. The minimum Gasteiger partial charge on any atom is -0.395 e. The second kappa shape index (κ2) is 10.7. The third-order valence-corrected chi connectivity index (χ3v) is 3.77. The van der Waals surface area contributed by atoms with Crippen LogP contribution in [-0.2, 0) is 0 Å². The predicted octanol–water partition coefficient (Wildman–Crippen LogP) is 1.71. The molecule has 0 aliphatic rings. The number of aliphatic hydroxyl groups excluding tert-OH is 2. The van der Waals surface area contributed by atoms with Gasteiger partial charge in [0.25, 0.3) is 0 Å². The molecule has 1 aromatic carbocycles. The van der Waals surface area contributed by atoms with E-state index in [0.29, 0.717) is 19.1 Å². The van der Waals surface area contributed by atoms with Crippen molar-refractivity contribution in [1.82, 2.24) is 10.2 Å². The summed E-state index contributed by atoms with van der Waals surface area (Å²) in [5.74, 6) is 0. The van der Waals surface area contributed by atoms with Crippen molar-refractivity contribution in [2.45, 2.75) is 32.7 Å². The summed E-state index contributed by atoms with van der Waals surface area (Å²) in [4.78, 5) is 2.11. The molecule has 0 heterocycles. The molecule has 1 aromatic rings. The van der Waals surface area contributed by atoms with Crippen LogP contribution in [0.25, 0.3) is 0 Å². The normalized spacial score (nSPS) is 12.8. The number of nitrogens with one attached hydrogen (secondary N) is 1. The van der Waals surface area contributed by atoms with E-state index in [-0.39, 0.29) is 13.2 Å². The summed E-state index contributed by atoms with van der Waals surface area (Å²) in [6.45, 7) is 7.70. The second-order valence-corrected chi connectivity index (χ2v) is 5.44. The van der Waals surface area contributed by atoms with Crippen molar-refractivity contribution in [1.29, 1.82) is 0 Å². The van der Waals surface area contributed by atoms with E-state index in [4.69, 9.17) is 10.2 Å². The molecule has 120 valence electrons. The summed E-state index contributed by atoms with van der Waals surface area (Å²) in [5, 5.41) is 21.8. The molecule has 0 radical (unpaired) electrons. The lowest BCUT2D eigenvalue weighted by molar-refractivity contribution is 0.156. The van der Waals surface area contributed by atoms with Crippen LogP contribution >= 0.6 is 0 Å². The Bertz CT molecular complexity index is 379. The highest BCUT2D eigenvalue weighted by molar-refractivity contribution is 5.28. The Labute approximate surface area is 128 Å². The first-order valence-electron chi connectivity index (χ1n) is 7.95. The highest BCUT2D eigenvalue weighted by Gasteiger charge is 2.14. The predicted molar refractivity (Wildman–Crippen MR) is 87.4 cm³/mol. The first-order chi connectivity index (χ1) is 10.2. The van der Waals surface area contributed by atoms with Gasteiger partial charge in [0.1, 0.15) is 0 Å². The van der Waals surface area contributed by atoms with E-state index in [1.807, 2.05) is 0 Å². The van der Waals surface area contributed by atoms with Crippen LogP contribution in [0, 0.1) is 6.92 Å². The van der Waals surface area contributed by atoms with Gasteiger partial charge in [-0.1, -0.05) is 31.2 Å². The molecular formula is C17H30N2O2. The van der Waals surface area contributed by atoms with Gasteiger partial charge >= 0.3 is 0 Å². The molecule has 1 unspecified atom stereocenters. The van der Waals surface area contributed by atoms with E-state index in [0.717, 1.165) is 25.9 Å². The largest absolute Gasteiger partial charge is 0.395 e. The Balaban J connectivity index is 2.67. The Morgan fingerprint density at radius 1 is 1.10 bits per heavy atom. The summed E-state index contributed by atoms with van der Waals surface area (Å²) in [6, 6.07) is 8.81. The Kier molecular flexibility index (Phi) is 9.26. The molecule has 1 atom stereocenters. The van der Waals surface area contributed by atoms with Crippen LogP contribution in [-0.4, -0.2) is 54.5 Å². The van der Waals surface area contributed by atoms with Crippen LogP contribution in [0.5, 0.6) is 0 Å². The van der Waals surface area contributed by atoms with Gasteiger partial charge in [0.05, 0.1) is 13.2 Å². The van der Waals surface area contributed by atoms with Crippen molar-refractivity contribution in [2.24, 2.45) is 0 Å². The molecule has 0 aliphatic heterocycles. The first-order valence-corrected chi connectivity index (χ1v) is 7.95. The van der Waals surface area contributed by atoms with Gasteiger partial charge in [0.15, 0.2) is 0 Å². The zero-order chi connectivity index (χ0) is 15.5. The molecule has 0 fully saturated rings. The number of aryl methyl sites for hydroxylation is 1. The van der Waals surface area contributed by atoms with Crippen LogP contribution in [0.1, 0.15) is 36.9 Å². The molecule has 0 bridgehead atoms. The molecule has 0 saturated carbocycles. The molecule has 3 N–H and O–H groups in total. The molecule has 0 saturated heterocycles. The third kappa shape index (κ3) is 6.57. The zero-order valence-corrected chi connectivity index (χ0v) is 13.4. The standard InChI is InChI=1S/C17H30N2O2/c1-3-9-18-17(16-7-5-4-6-15(16)2)8-10-19(11-13-20)12-14-21/h4-7,17-18,20-21H,3,8-14H2,1-2H3. The highest BCUT2D eigenvalue weighted by Crippen LogP contribution is 2.21. The van der Waals surface area contributed by atoms with Gasteiger partial charge in [-0.15, -0.1) is 0 Å². The fourth-order valence-corrected chi connectivity index (χ4v) is 2.59. The first kappa shape index (κ1) is 18.1. The number of hydrogen-bond acceptors (Lipinski definition) is 4. The maximum absolute atomic E-state index is 9.09. The maximum Gasteiger partial charge on any atom is 0.0558 e. The van der Waals surface area contributed by atoms with E-state index < -0.39 is 0 Å². The molecule has 0 amide bonds. The van der Waals surface area contributed by atoms with E-state index >= 15 is 0 Å². The number of nitrogens with zero attached hydrogens (tertiary/aromatic N) is 1. The molecule has 4 heteroatoms. The fourth-order valence-electron chi connectivity index (χ4n) is 2.59. The lowest BCUT2D eigenvalue weighted by atomic mass is 9.98. The summed E-state index contributed by atoms with van der Waals surface area (Å²) in [7, 11) is 0. The van der Waals surface area contributed by atoms with Crippen LogP contribution in [0.4, 0.5) is 0 Å².